The molecule has 0 aromatic carbocycles. The molecule has 0 spiro atoms. The maximum absolute atomic E-state index is 13.3. The molecule has 8 heteroatoms. The third kappa shape index (κ3) is 3.15. The molecule has 23 heavy (non-hydrogen) atoms. The number of aromatic amines is 1. The second kappa shape index (κ2) is 6.04. The number of H-pyrrole nitrogens is 1. The number of likely N-dealkylation sites (N-methyl/N-ethyl adjacent to an activating group) is 1. The van der Waals surface area contributed by atoms with Crippen LogP contribution in [0.25, 0.3) is 11.0 Å². The van der Waals surface area contributed by atoms with Gasteiger partial charge in [0.05, 0.1) is 0 Å². The number of amides is 1. The van der Waals surface area contributed by atoms with Crippen molar-refractivity contribution in [2.24, 2.45) is 0 Å². The van der Waals surface area contributed by atoms with Gasteiger partial charge in [0.1, 0.15) is 5.65 Å². The number of nitrogens with zero attached hydrogens (tertiary/aromatic N) is 3. The van der Waals surface area contributed by atoms with Crippen LogP contribution in [-0.2, 0) is 4.79 Å². The zero-order chi connectivity index (χ0) is 16.6. The Kier molecular flexibility index (Phi) is 4.23. The van der Waals surface area contributed by atoms with Crippen molar-refractivity contribution in [3.8, 4) is 0 Å². The fraction of sp³-hybridized carbons (Fsp3) is 0.467. The van der Waals surface area contributed by atoms with Gasteiger partial charge in [-0.3, -0.25) is 4.79 Å². The van der Waals surface area contributed by atoms with Gasteiger partial charge in [0.2, 0.25) is 0 Å². The molecule has 2 aromatic heterocycles. The first kappa shape index (κ1) is 16.1. The molecule has 3 rings (SSSR count). The minimum Gasteiger partial charge on any atom is -0.369 e. The van der Waals surface area contributed by atoms with E-state index in [-0.39, 0.29) is 6.04 Å². The number of anilines is 1. The first-order valence-corrected chi connectivity index (χ1v) is 8.06. The number of rotatable bonds is 3. The van der Waals surface area contributed by atoms with E-state index in [4.69, 9.17) is 0 Å². The summed E-state index contributed by atoms with van der Waals surface area (Å²) in [5.41, 5.74) is -1.63. The minimum absolute atomic E-state index is 0.000509. The van der Waals surface area contributed by atoms with Crippen LogP contribution in [0.4, 0.5) is 14.5 Å². The SMILES string of the molecule is CN(c1ccnc2[nH]ccc12)[C@@H]1CCCN(C(=O)C(F)(F)P)C1. The molecule has 0 aliphatic carbocycles. The predicted molar refractivity (Wildman–Crippen MR) is 88.8 cm³/mol. The van der Waals surface area contributed by atoms with E-state index in [1.807, 2.05) is 25.4 Å². The summed E-state index contributed by atoms with van der Waals surface area (Å²) in [6.07, 6.45) is 5.10. The quantitative estimate of drug-likeness (QED) is 0.874. The van der Waals surface area contributed by atoms with E-state index < -0.39 is 11.6 Å². The van der Waals surface area contributed by atoms with E-state index in [9.17, 15) is 13.6 Å². The van der Waals surface area contributed by atoms with E-state index in [1.165, 1.54) is 14.1 Å². The molecular formula is C15H19F2N4OP. The monoisotopic (exact) mass is 340 g/mol. The van der Waals surface area contributed by atoms with Crippen LogP contribution in [-0.4, -0.2) is 52.6 Å². The Morgan fingerprint density at radius 3 is 3.04 bits per heavy atom. The molecule has 1 saturated heterocycles. The molecule has 3 heterocycles. The number of piperidine rings is 1. The van der Waals surface area contributed by atoms with Crippen LogP contribution in [0, 0.1) is 0 Å². The molecule has 0 saturated carbocycles. The van der Waals surface area contributed by atoms with Crippen LogP contribution in [0.5, 0.6) is 0 Å². The number of pyridine rings is 1. The number of fused-ring (bicyclic) bond motifs is 1. The van der Waals surface area contributed by atoms with Gasteiger partial charge in [0, 0.05) is 49.6 Å². The van der Waals surface area contributed by atoms with Gasteiger partial charge in [-0.1, -0.05) is 9.24 Å². The summed E-state index contributed by atoms with van der Waals surface area (Å²) in [4.78, 5) is 22.4. The lowest BCUT2D eigenvalue weighted by atomic mass is 10.0. The van der Waals surface area contributed by atoms with Crippen LogP contribution in [0.3, 0.4) is 0 Å². The van der Waals surface area contributed by atoms with Crippen LogP contribution >= 0.6 is 9.24 Å². The van der Waals surface area contributed by atoms with Crippen molar-refractivity contribution >= 4 is 31.9 Å². The minimum atomic E-state index is -3.40. The average Bonchev–Trinajstić information content (AvgIpc) is 3.01. The molecule has 0 radical (unpaired) electrons. The van der Waals surface area contributed by atoms with Gasteiger partial charge in [0.25, 0.3) is 5.91 Å². The molecule has 5 nitrogen and oxygen atoms in total. The smallest absolute Gasteiger partial charge is 0.335 e. The van der Waals surface area contributed by atoms with Gasteiger partial charge in [-0.15, -0.1) is 0 Å². The van der Waals surface area contributed by atoms with Crippen molar-refractivity contribution in [1.29, 1.82) is 0 Å². The van der Waals surface area contributed by atoms with Crippen molar-refractivity contribution in [1.82, 2.24) is 14.9 Å². The first-order chi connectivity index (χ1) is 10.9. The molecular weight excluding hydrogens is 321 g/mol. The Morgan fingerprint density at radius 2 is 2.30 bits per heavy atom. The number of hydrogen-bond acceptors (Lipinski definition) is 3. The highest BCUT2D eigenvalue weighted by Crippen LogP contribution is 2.30. The predicted octanol–water partition coefficient (Wildman–Crippen LogP) is 2.46. The maximum Gasteiger partial charge on any atom is 0.335 e. The molecule has 0 bridgehead atoms. The third-order valence-corrected chi connectivity index (χ3v) is 4.58. The van der Waals surface area contributed by atoms with Crippen LogP contribution in [0.15, 0.2) is 24.5 Å². The van der Waals surface area contributed by atoms with Gasteiger partial charge >= 0.3 is 5.66 Å². The van der Waals surface area contributed by atoms with Crippen molar-refractivity contribution in [2.75, 3.05) is 25.0 Å². The summed E-state index contributed by atoms with van der Waals surface area (Å²) in [7, 11) is 3.26. The molecule has 1 aliphatic heterocycles. The molecule has 1 N–H and O–H groups in total. The van der Waals surface area contributed by atoms with Gasteiger partial charge < -0.3 is 14.8 Å². The van der Waals surface area contributed by atoms with Crippen molar-refractivity contribution in [3.05, 3.63) is 24.5 Å². The summed E-state index contributed by atoms with van der Waals surface area (Å²) in [5, 5.41) is 0.981. The lowest BCUT2D eigenvalue weighted by Crippen LogP contribution is -2.51. The van der Waals surface area contributed by atoms with Crippen LogP contribution in [0.1, 0.15) is 12.8 Å². The topological polar surface area (TPSA) is 52.2 Å². The second-order valence-corrected chi connectivity index (χ2v) is 6.58. The van der Waals surface area contributed by atoms with Gasteiger partial charge in [0.15, 0.2) is 0 Å². The van der Waals surface area contributed by atoms with Crippen LogP contribution < -0.4 is 4.90 Å². The Labute approximate surface area is 135 Å². The largest absolute Gasteiger partial charge is 0.369 e. The molecule has 1 amide bonds. The zero-order valence-electron chi connectivity index (χ0n) is 12.8. The number of hydrogen-bond donors (Lipinski definition) is 1. The summed E-state index contributed by atoms with van der Waals surface area (Å²) in [6.45, 7) is 0.677. The number of likely N-dealkylation sites (tertiary alicyclic amines) is 1. The van der Waals surface area contributed by atoms with Crippen LogP contribution in [0.2, 0.25) is 0 Å². The average molecular weight is 340 g/mol. The molecule has 2 atom stereocenters. The number of nitrogens with one attached hydrogen (secondary N) is 1. The second-order valence-electron chi connectivity index (χ2n) is 5.85. The summed E-state index contributed by atoms with van der Waals surface area (Å²) in [5.74, 6) is -1.12. The van der Waals surface area contributed by atoms with E-state index >= 15 is 0 Å². The standard InChI is InChI=1S/C15H19F2N4OP/c1-20(12-5-7-19-13-11(12)4-6-18-13)10-3-2-8-21(9-10)14(22)15(16,17)23/h4-7,10H,2-3,8-9,23H2,1H3,(H,18,19)/t10-/m1/s1. The highest BCUT2D eigenvalue weighted by atomic mass is 31.0. The Balaban J connectivity index is 1.81. The van der Waals surface area contributed by atoms with Gasteiger partial charge in [-0.25, -0.2) is 4.98 Å². The maximum atomic E-state index is 13.3. The fourth-order valence-electron chi connectivity index (χ4n) is 3.12. The van der Waals surface area contributed by atoms with Gasteiger partial charge in [-0.05, 0) is 25.0 Å². The molecule has 1 unspecified atom stereocenters. The fourth-order valence-corrected chi connectivity index (χ4v) is 3.30. The highest BCUT2D eigenvalue weighted by Gasteiger charge is 2.39. The first-order valence-electron chi connectivity index (χ1n) is 7.49. The molecule has 2 aromatic rings. The number of aromatic nitrogens is 2. The molecule has 124 valence electrons. The summed E-state index contributed by atoms with van der Waals surface area (Å²) < 4.78 is 26.5. The number of carbonyl (C=O) groups is 1. The molecule has 1 fully saturated rings. The highest BCUT2D eigenvalue weighted by molar-refractivity contribution is 7.20. The van der Waals surface area contributed by atoms with E-state index in [0.29, 0.717) is 19.5 Å². The van der Waals surface area contributed by atoms with Crippen molar-refractivity contribution < 1.29 is 13.6 Å². The summed E-state index contributed by atoms with van der Waals surface area (Å²) >= 11 is 0. The van der Waals surface area contributed by atoms with Crippen molar-refractivity contribution in [3.63, 3.8) is 0 Å². The number of halogens is 2. The van der Waals surface area contributed by atoms with E-state index in [1.54, 1.807) is 6.20 Å². The normalized spacial score (nSPS) is 19.1. The zero-order valence-corrected chi connectivity index (χ0v) is 14.0. The Morgan fingerprint density at radius 1 is 1.52 bits per heavy atom. The lowest BCUT2D eigenvalue weighted by molar-refractivity contribution is -0.147. The Hall–Kier alpha value is -1.75. The van der Waals surface area contributed by atoms with Crippen molar-refractivity contribution in [2.45, 2.75) is 24.5 Å². The summed E-state index contributed by atoms with van der Waals surface area (Å²) in [6, 6.07) is 3.85. The number of carbonyl (C=O) groups excluding carboxylic acids is 1. The lowest BCUT2D eigenvalue weighted by Gasteiger charge is -2.39. The van der Waals surface area contributed by atoms with Gasteiger partial charge in [-0.2, -0.15) is 8.78 Å². The third-order valence-electron chi connectivity index (χ3n) is 4.33. The molecule has 1 aliphatic rings. The Bertz CT molecular complexity index is 715. The van der Waals surface area contributed by atoms with E-state index in [2.05, 4.69) is 14.9 Å². The number of alkyl halides is 2. The van der Waals surface area contributed by atoms with E-state index in [0.717, 1.165) is 23.1 Å².